The van der Waals surface area contributed by atoms with Crippen LogP contribution in [0.1, 0.15) is 21.7 Å². The van der Waals surface area contributed by atoms with E-state index in [4.69, 9.17) is 4.74 Å². The Bertz CT molecular complexity index is 1410. The van der Waals surface area contributed by atoms with Gasteiger partial charge in [-0.3, -0.25) is 4.79 Å². The Morgan fingerprint density at radius 3 is 2.56 bits per heavy atom. The number of ether oxygens (including phenoxy) is 1. The van der Waals surface area contributed by atoms with Gasteiger partial charge in [-0.2, -0.15) is 0 Å². The molecule has 2 aromatic carbocycles. The molecular formula is C23H20FN3O4S. The number of hydrogen-bond donors (Lipinski definition) is 2. The van der Waals surface area contributed by atoms with Gasteiger partial charge < -0.3 is 9.72 Å². The van der Waals surface area contributed by atoms with Gasteiger partial charge in [0.05, 0.1) is 19.1 Å². The first-order valence-corrected chi connectivity index (χ1v) is 11.6. The zero-order valence-electron chi connectivity index (χ0n) is 17.3. The molecule has 4 rings (SSSR count). The first-order chi connectivity index (χ1) is 15.2. The third-order valence-corrected chi connectivity index (χ3v) is 5.48. The van der Waals surface area contributed by atoms with Crippen molar-refractivity contribution in [3.05, 3.63) is 83.4 Å². The molecule has 0 aliphatic carbocycles. The van der Waals surface area contributed by atoms with E-state index in [1.807, 2.05) is 22.9 Å². The van der Waals surface area contributed by atoms with Crippen LogP contribution in [0, 0.1) is 5.82 Å². The monoisotopic (exact) mass is 453 g/mol. The number of aromatic amines is 1. The van der Waals surface area contributed by atoms with Crippen molar-refractivity contribution >= 4 is 26.8 Å². The topological polar surface area (TPSA) is 101 Å². The van der Waals surface area contributed by atoms with Crippen LogP contribution in [-0.4, -0.2) is 37.7 Å². The maximum absolute atomic E-state index is 13.5. The van der Waals surface area contributed by atoms with E-state index in [2.05, 4.69) is 9.97 Å². The molecule has 0 bridgehead atoms. The molecule has 32 heavy (non-hydrogen) atoms. The fourth-order valence-electron chi connectivity index (χ4n) is 3.51. The number of nitrogens with one attached hydrogen (secondary N) is 2. The lowest BCUT2D eigenvalue weighted by Crippen LogP contribution is -2.30. The lowest BCUT2D eigenvalue weighted by atomic mass is 10.0. The second kappa shape index (κ2) is 8.43. The maximum atomic E-state index is 13.5. The molecular weight excluding hydrogens is 433 g/mol. The van der Waals surface area contributed by atoms with E-state index in [-0.39, 0.29) is 11.5 Å². The minimum atomic E-state index is -3.70. The van der Waals surface area contributed by atoms with Gasteiger partial charge in [0.2, 0.25) is 10.0 Å². The Hall–Kier alpha value is -3.72. The number of rotatable bonds is 6. The molecule has 0 aliphatic rings. The van der Waals surface area contributed by atoms with Crippen LogP contribution in [0.3, 0.4) is 0 Å². The highest BCUT2D eigenvalue weighted by Gasteiger charge is 2.17. The molecule has 0 radical (unpaired) electrons. The quantitative estimate of drug-likeness (QED) is 0.464. The lowest BCUT2D eigenvalue weighted by Gasteiger charge is -2.08. The minimum Gasteiger partial charge on any atom is -0.497 e. The number of methoxy groups -OCH3 is 1. The van der Waals surface area contributed by atoms with E-state index >= 15 is 0 Å². The molecule has 7 nitrogen and oxygen atoms in total. The maximum Gasteiger partial charge on any atom is 0.283 e. The average Bonchev–Trinajstić information content (AvgIpc) is 3.10. The lowest BCUT2D eigenvalue weighted by molar-refractivity contribution is 0.0976. The van der Waals surface area contributed by atoms with Crippen LogP contribution in [-0.2, 0) is 16.4 Å². The van der Waals surface area contributed by atoms with Gasteiger partial charge in [-0.25, -0.2) is 22.5 Å². The van der Waals surface area contributed by atoms with Crippen molar-refractivity contribution in [3.63, 3.8) is 0 Å². The molecule has 0 saturated carbocycles. The molecule has 164 valence electrons. The smallest absolute Gasteiger partial charge is 0.283 e. The van der Waals surface area contributed by atoms with Gasteiger partial charge in [0.15, 0.2) is 0 Å². The van der Waals surface area contributed by atoms with Crippen molar-refractivity contribution in [3.8, 4) is 17.0 Å². The number of sulfonamides is 1. The number of halogens is 1. The molecule has 4 aromatic rings. The van der Waals surface area contributed by atoms with Crippen molar-refractivity contribution in [2.75, 3.05) is 13.4 Å². The summed E-state index contributed by atoms with van der Waals surface area (Å²) in [7, 11) is -2.12. The highest BCUT2D eigenvalue weighted by molar-refractivity contribution is 7.89. The van der Waals surface area contributed by atoms with Gasteiger partial charge in [0.25, 0.3) is 5.91 Å². The summed E-state index contributed by atoms with van der Waals surface area (Å²) in [6.45, 7) is 0. The second-order valence-corrected chi connectivity index (χ2v) is 9.04. The van der Waals surface area contributed by atoms with E-state index in [1.165, 1.54) is 18.2 Å². The predicted octanol–water partition coefficient (Wildman–Crippen LogP) is 3.66. The van der Waals surface area contributed by atoms with Gasteiger partial charge in [-0.1, -0.05) is 6.07 Å². The zero-order valence-corrected chi connectivity index (χ0v) is 18.2. The van der Waals surface area contributed by atoms with Crippen molar-refractivity contribution in [2.45, 2.75) is 6.42 Å². The van der Waals surface area contributed by atoms with Crippen molar-refractivity contribution in [1.82, 2.24) is 14.7 Å². The van der Waals surface area contributed by atoms with Gasteiger partial charge in [-0.05, 0) is 59.7 Å². The summed E-state index contributed by atoms with van der Waals surface area (Å²) in [5, 5.41) is 0.929. The van der Waals surface area contributed by atoms with Gasteiger partial charge in [-0.15, -0.1) is 0 Å². The number of amides is 1. The SMILES string of the molecule is COc1ccc2c(Cc3cccc(C(=O)NS(C)(=O)=O)n3)c(-c3ccc(F)cc3)[nH]c2c1. The first-order valence-electron chi connectivity index (χ1n) is 9.66. The average molecular weight is 453 g/mol. The molecule has 1 amide bonds. The Morgan fingerprint density at radius 2 is 1.88 bits per heavy atom. The molecule has 9 heteroatoms. The second-order valence-electron chi connectivity index (χ2n) is 7.29. The Morgan fingerprint density at radius 1 is 1.12 bits per heavy atom. The number of pyridine rings is 1. The number of carbonyl (C=O) groups is 1. The van der Waals surface area contributed by atoms with Gasteiger partial charge in [0.1, 0.15) is 17.3 Å². The number of fused-ring (bicyclic) bond motifs is 1. The molecule has 0 unspecified atom stereocenters. The number of aromatic nitrogens is 2. The molecule has 0 spiro atoms. The number of carbonyl (C=O) groups excluding carboxylic acids is 1. The molecule has 2 N–H and O–H groups in total. The standard InChI is InChI=1S/C23H20FN3O4S/c1-31-17-10-11-18-19(22(26-21(18)13-17)14-6-8-15(24)9-7-14)12-16-4-3-5-20(25-16)23(28)27-32(2,29)30/h3-11,13,26H,12H2,1-2H3,(H,27,28). The van der Waals surface area contributed by atoms with Crippen LogP contribution in [0.15, 0.2) is 60.7 Å². The summed E-state index contributed by atoms with van der Waals surface area (Å²) >= 11 is 0. The molecule has 0 fully saturated rings. The van der Waals surface area contributed by atoms with Crippen molar-refractivity contribution in [1.29, 1.82) is 0 Å². The fourth-order valence-corrected chi connectivity index (χ4v) is 3.96. The summed E-state index contributed by atoms with van der Waals surface area (Å²) in [6.07, 6.45) is 1.27. The summed E-state index contributed by atoms with van der Waals surface area (Å²) in [5.74, 6) is -0.440. The van der Waals surface area contributed by atoms with Crippen LogP contribution in [0.5, 0.6) is 5.75 Å². The van der Waals surface area contributed by atoms with E-state index in [0.29, 0.717) is 17.9 Å². The van der Waals surface area contributed by atoms with Crippen molar-refractivity contribution in [2.24, 2.45) is 0 Å². The van der Waals surface area contributed by atoms with E-state index in [9.17, 15) is 17.6 Å². The third kappa shape index (κ3) is 4.62. The van der Waals surface area contributed by atoms with Crippen LogP contribution >= 0.6 is 0 Å². The highest BCUT2D eigenvalue weighted by Crippen LogP contribution is 2.33. The Labute approximate surface area is 184 Å². The molecule has 0 aliphatic heterocycles. The van der Waals surface area contributed by atoms with E-state index < -0.39 is 15.9 Å². The number of H-pyrrole nitrogens is 1. The summed E-state index contributed by atoms with van der Waals surface area (Å²) in [6, 6.07) is 16.6. The van der Waals surface area contributed by atoms with Gasteiger partial charge in [0, 0.05) is 29.1 Å². The highest BCUT2D eigenvalue weighted by atomic mass is 32.2. The van der Waals surface area contributed by atoms with Crippen LogP contribution in [0.2, 0.25) is 0 Å². The molecule has 0 atom stereocenters. The summed E-state index contributed by atoms with van der Waals surface area (Å²) in [5.41, 5.74) is 3.90. The van der Waals surface area contributed by atoms with Crippen LogP contribution in [0.4, 0.5) is 4.39 Å². The Kier molecular flexibility index (Phi) is 5.67. The first kappa shape index (κ1) is 21.5. The Balaban J connectivity index is 1.78. The number of hydrogen-bond acceptors (Lipinski definition) is 5. The number of benzene rings is 2. The summed E-state index contributed by atoms with van der Waals surface area (Å²) in [4.78, 5) is 19.9. The normalized spacial score (nSPS) is 11.5. The molecule has 0 saturated heterocycles. The van der Waals surface area contributed by atoms with Crippen LogP contribution in [0.25, 0.3) is 22.2 Å². The largest absolute Gasteiger partial charge is 0.497 e. The zero-order chi connectivity index (χ0) is 22.9. The van der Waals surface area contributed by atoms with Crippen LogP contribution < -0.4 is 9.46 Å². The summed E-state index contributed by atoms with van der Waals surface area (Å²) < 4.78 is 43.5. The van der Waals surface area contributed by atoms with Crippen molar-refractivity contribution < 1.29 is 22.3 Å². The predicted molar refractivity (Wildman–Crippen MR) is 120 cm³/mol. The van der Waals surface area contributed by atoms with E-state index in [1.54, 1.807) is 31.4 Å². The number of nitrogens with zero attached hydrogens (tertiary/aromatic N) is 1. The third-order valence-electron chi connectivity index (χ3n) is 4.92. The molecule has 2 aromatic heterocycles. The minimum absolute atomic E-state index is 0.00207. The van der Waals surface area contributed by atoms with E-state index in [0.717, 1.165) is 34.0 Å². The molecule has 2 heterocycles. The fraction of sp³-hybridized carbons (Fsp3) is 0.130. The van der Waals surface area contributed by atoms with Gasteiger partial charge >= 0.3 is 0 Å².